The van der Waals surface area contributed by atoms with E-state index < -0.39 is 5.91 Å². The lowest BCUT2D eigenvalue weighted by Crippen LogP contribution is -2.11. The second kappa shape index (κ2) is 8.74. The van der Waals surface area contributed by atoms with Gasteiger partial charge in [0.05, 0.1) is 21.3 Å². The van der Waals surface area contributed by atoms with Gasteiger partial charge in [0, 0.05) is 29.1 Å². The molecule has 29 heavy (non-hydrogen) atoms. The Bertz CT molecular complexity index is 1000. The van der Waals surface area contributed by atoms with E-state index in [1.165, 1.54) is 27.7 Å². The smallest absolute Gasteiger partial charge is 0.248 e. The summed E-state index contributed by atoms with van der Waals surface area (Å²) in [6.45, 7) is 0. The molecule has 10 heteroatoms. The summed E-state index contributed by atoms with van der Waals surface area (Å²) in [5.74, 6) is 1.52. The van der Waals surface area contributed by atoms with Gasteiger partial charge in [-0.1, -0.05) is 6.07 Å². The standard InChI is InChI=1S/C19H20N6O4/c1-27-14-8-13(9-15(28-2)16(14)29-3)24-19-22-10-21-18(25-19)23-12-6-4-5-11(7-12)17(20)26/h4-10H,1-3H3,(H2,20,26)(H2,21,22,23,24,25). The molecule has 0 saturated carbocycles. The number of nitrogens with one attached hydrogen (secondary N) is 2. The number of aromatic nitrogens is 3. The first-order chi connectivity index (χ1) is 14.0. The average molecular weight is 396 g/mol. The minimum absolute atomic E-state index is 0.288. The number of carbonyl (C=O) groups excluding carboxylic acids is 1. The molecular weight excluding hydrogens is 376 g/mol. The molecule has 1 heterocycles. The molecule has 0 aliphatic rings. The minimum atomic E-state index is -0.519. The quantitative estimate of drug-likeness (QED) is 0.525. The van der Waals surface area contributed by atoms with Gasteiger partial charge >= 0.3 is 0 Å². The van der Waals surface area contributed by atoms with E-state index in [1.54, 1.807) is 36.4 Å². The third-order valence-corrected chi connectivity index (χ3v) is 3.90. The Hall–Kier alpha value is -4.08. The number of ether oxygens (including phenoxy) is 3. The third kappa shape index (κ3) is 4.61. The van der Waals surface area contributed by atoms with Crippen LogP contribution >= 0.6 is 0 Å². The molecule has 0 saturated heterocycles. The van der Waals surface area contributed by atoms with Crippen molar-refractivity contribution < 1.29 is 19.0 Å². The molecule has 10 nitrogen and oxygen atoms in total. The number of hydrogen-bond acceptors (Lipinski definition) is 9. The van der Waals surface area contributed by atoms with Crippen molar-refractivity contribution in [1.82, 2.24) is 15.0 Å². The second-order valence-corrected chi connectivity index (χ2v) is 5.74. The molecule has 0 aliphatic carbocycles. The fourth-order valence-electron chi connectivity index (χ4n) is 2.58. The number of carbonyl (C=O) groups is 1. The van der Waals surface area contributed by atoms with Crippen LogP contribution in [0.3, 0.4) is 0 Å². The molecule has 150 valence electrons. The summed E-state index contributed by atoms with van der Waals surface area (Å²) in [5, 5.41) is 6.08. The summed E-state index contributed by atoms with van der Waals surface area (Å²) in [6, 6.07) is 10.2. The topological polar surface area (TPSA) is 134 Å². The summed E-state index contributed by atoms with van der Waals surface area (Å²) in [6.07, 6.45) is 1.35. The zero-order valence-electron chi connectivity index (χ0n) is 16.1. The van der Waals surface area contributed by atoms with Crippen LogP contribution in [0.15, 0.2) is 42.7 Å². The van der Waals surface area contributed by atoms with Gasteiger partial charge in [-0.15, -0.1) is 0 Å². The van der Waals surface area contributed by atoms with Gasteiger partial charge in [-0.05, 0) is 18.2 Å². The maximum Gasteiger partial charge on any atom is 0.248 e. The number of hydrogen-bond donors (Lipinski definition) is 3. The van der Waals surface area contributed by atoms with Gasteiger partial charge in [-0.2, -0.15) is 4.98 Å². The number of benzene rings is 2. The molecule has 1 aromatic heterocycles. The van der Waals surface area contributed by atoms with E-state index in [1.807, 2.05) is 0 Å². The van der Waals surface area contributed by atoms with Crippen LogP contribution in [-0.2, 0) is 0 Å². The van der Waals surface area contributed by atoms with Crippen LogP contribution in [0.4, 0.5) is 23.3 Å². The van der Waals surface area contributed by atoms with Gasteiger partial charge in [0.1, 0.15) is 6.33 Å². The minimum Gasteiger partial charge on any atom is -0.493 e. The van der Waals surface area contributed by atoms with E-state index in [0.29, 0.717) is 40.1 Å². The van der Waals surface area contributed by atoms with Crippen LogP contribution in [-0.4, -0.2) is 42.2 Å². The zero-order valence-corrected chi connectivity index (χ0v) is 16.1. The van der Waals surface area contributed by atoms with Crippen molar-refractivity contribution in [2.24, 2.45) is 5.73 Å². The molecule has 4 N–H and O–H groups in total. The summed E-state index contributed by atoms with van der Waals surface area (Å²) in [7, 11) is 4.60. The van der Waals surface area contributed by atoms with Crippen LogP contribution in [0, 0.1) is 0 Å². The molecule has 0 bridgehead atoms. The SMILES string of the molecule is COc1cc(Nc2ncnc(Nc3cccc(C(N)=O)c3)n2)cc(OC)c1OC. The molecule has 2 aromatic carbocycles. The first kappa shape index (κ1) is 19.7. The number of primary amides is 1. The Morgan fingerprint density at radius 3 is 2.07 bits per heavy atom. The summed E-state index contributed by atoms with van der Waals surface area (Å²) < 4.78 is 16.0. The van der Waals surface area contributed by atoms with Gasteiger partial charge in [-0.25, -0.2) is 9.97 Å². The third-order valence-electron chi connectivity index (χ3n) is 3.90. The molecule has 3 rings (SSSR count). The monoisotopic (exact) mass is 396 g/mol. The Morgan fingerprint density at radius 1 is 0.897 bits per heavy atom. The maximum atomic E-state index is 11.3. The predicted molar refractivity (Wildman–Crippen MR) is 107 cm³/mol. The number of methoxy groups -OCH3 is 3. The Morgan fingerprint density at radius 2 is 1.52 bits per heavy atom. The predicted octanol–water partition coefficient (Wildman–Crippen LogP) is 2.48. The van der Waals surface area contributed by atoms with E-state index >= 15 is 0 Å². The van der Waals surface area contributed by atoms with Crippen LogP contribution in [0.25, 0.3) is 0 Å². The summed E-state index contributed by atoms with van der Waals surface area (Å²) in [5.41, 5.74) is 6.93. The molecule has 0 radical (unpaired) electrons. The summed E-state index contributed by atoms with van der Waals surface area (Å²) >= 11 is 0. The van der Waals surface area contributed by atoms with Crippen molar-refractivity contribution in [3.8, 4) is 17.2 Å². The molecule has 3 aromatic rings. The van der Waals surface area contributed by atoms with Crippen molar-refractivity contribution in [3.05, 3.63) is 48.3 Å². The Kier molecular flexibility index (Phi) is 5.93. The lowest BCUT2D eigenvalue weighted by atomic mass is 10.2. The highest BCUT2D eigenvalue weighted by Gasteiger charge is 2.14. The fraction of sp³-hybridized carbons (Fsp3) is 0.158. The van der Waals surface area contributed by atoms with Crippen molar-refractivity contribution in [3.63, 3.8) is 0 Å². The second-order valence-electron chi connectivity index (χ2n) is 5.74. The average Bonchev–Trinajstić information content (AvgIpc) is 2.73. The largest absolute Gasteiger partial charge is 0.493 e. The van der Waals surface area contributed by atoms with E-state index in [-0.39, 0.29) is 5.95 Å². The Balaban J connectivity index is 1.83. The normalized spacial score (nSPS) is 10.2. The zero-order chi connectivity index (χ0) is 20.8. The number of nitrogens with two attached hydrogens (primary N) is 1. The first-order valence-electron chi connectivity index (χ1n) is 8.47. The lowest BCUT2D eigenvalue weighted by molar-refractivity contribution is 0.100. The molecule has 1 amide bonds. The number of rotatable bonds is 8. The number of nitrogens with zero attached hydrogens (tertiary/aromatic N) is 3. The molecule has 0 spiro atoms. The molecule has 0 unspecified atom stereocenters. The van der Waals surface area contributed by atoms with Gasteiger partial charge in [0.15, 0.2) is 11.5 Å². The highest BCUT2D eigenvalue weighted by Crippen LogP contribution is 2.40. The van der Waals surface area contributed by atoms with Crippen LogP contribution in [0.1, 0.15) is 10.4 Å². The van der Waals surface area contributed by atoms with E-state index in [0.717, 1.165) is 0 Å². The fourth-order valence-corrected chi connectivity index (χ4v) is 2.58. The first-order valence-corrected chi connectivity index (χ1v) is 8.47. The van der Waals surface area contributed by atoms with Gasteiger partial charge < -0.3 is 30.6 Å². The van der Waals surface area contributed by atoms with Crippen molar-refractivity contribution in [2.75, 3.05) is 32.0 Å². The van der Waals surface area contributed by atoms with E-state index in [2.05, 4.69) is 25.6 Å². The van der Waals surface area contributed by atoms with Crippen LogP contribution in [0.5, 0.6) is 17.2 Å². The van der Waals surface area contributed by atoms with Crippen molar-refractivity contribution in [1.29, 1.82) is 0 Å². The molecule has 0 atom stereocenters. The lowest BCUT2D eigenvalue weighted by Gasteiger charge is -2.14. The molecule has 0 aliphatic heterocycles. The number of amides is 1. The molecule has 0 fully saturated rings. The van der Waals surface area contributed by atoms with Gasteiger partial charge in [0.25, 0.3) is 0 Å². The number of anilines is 4. The van der Waals surface area contributed by atoms with Crippen LogP contribution in [0.2, 0.25) is 0 Å². The van der Waals surface area contributed by atoms with Gasteiger partial charge in [0.2, 0.25) is 23.6 Å². The maximum absolute atomic E-state index is 11.3. The van der Waals surface area contributed by atoms with Gasteiger partial charge in [-0.3, -0.25) is 4.79 Å². The summed E-state index contributed by atoms with van der Waals surface area (Å²) in [4.78, 5) is 23.8. The van der Waals surface area contributed by atoms with Crippen LogP contribution < -0.4 is 30.6 Å². The van der Waals surface area contributed by atoms with E-state index in [4.69, 9.17) is 19.9 Å². The van der Waals surface area contributed by atoms with Crippen molar-refractivity contribution in [2.45, 2.75) is 0 Å². The highest BCUT2D eigenvalue weighted by atomic mass is 16.5. The van der Waals surface area contributed by atoms with E-state index in [9.17, 15) is 4.79 Å². The highest BCUT2D eigenvalue weighted by molar-refractivity contribution is 5.93. The molecular formula is C19H20N6O4. The van der Waals surface area contributed by atoms with Crippen molar-refractivity contribution >= 4 is 29.2 Å². The Labute approximate surface area is 167 Å².